The Hall–Kier alpha value is -3.59. The summed E-state index contributed by atoms with van der Waals surface area (Å²) in [6, 6.07) is 28.9. The first-order chi connectivity index (χ1) is 20.8. The van der Waals surface area contributed by atoms with Crippen LogP contribution in [-0.4, -0.2) is 31.4 Å². The molecule has 0 radical (unpaired) electrons. The Morgan fingerprint density at radius 3 is 2.63 bits per heavy atom. The molecule has 222 valence electrons. The minimum atomic E-state index is -4.28. The molecule has 2 heterocycles. The summed E-state index contributed by atoms with van der Waals surface area (Å²) in [6.07, 6.45) is 11.2. The van der Waals surface area contributed by atoms with Gasteiger partial charge in [-0.3, -0.25) is 0 Å². The van der Waals surface area contributed by atoms with Crippen molar-refractivity contribution in [3.8, 4) is 5.75 Å². The van der Waals surface area contributed by atoms with E-state index in [2.05, 4.69) is 77.3 Å². The van der Waals surface area contributed by atoms with Gasteiger partial charge in [-0.05, 0) is 85.6 Å². The van der Waals surface area contributed by atoms with Crippen molar-refractivity contribution in [2.75, 3.05) is 17.2 Å². The highest BCUT2D eigenvalue weighted by Gasteiger charge is 2.29. The second-order valence-electron chi connectivity index (χ2n) is 11.3. The van der Waals surface area contributed by atoms with Gasteiger partial charge in [0.15, 0.2) is 6.20 Å². The van der Waals surface area contributed by atoms with Gasteiger partial charge in [0.05, 0.1) is 32.3 Å². The van der Waals surface area contributed by atoms with Crippen molar-refractivity contribution in [1.82, 2.24) is 0 Å². The molecule has 1 aliphatic heterocycles. The SMILES string of the molecule is C[n+]1ccc(/C=C(/C=C2/Sc3ccccc3N2CCCS(=O)(=O)[O-])C2CCCC(Oc3ccccc3)C2)c2ccccc21. The number of aryl methyl sites for hydroxylation is 1. The molecule has 0 N–H and O–H groups in total. The molecule has 6 nitrogen and oxygen atoms in total. The highest BCUT2D eigenvalue weighted by molar-refractivity contribution is 8.03. The molecule has 2 aliphatic rings. The Morgan fingerprint density at radius 1 is 1.02 bits per heavy atom. The number of benzene rings is 3. The van der Waals surface area contributed by atoms with E-state index in [0.717, 1.165) is 52.6 Å². The van der Waals surface area contributed by atoms with Gasteiger partial charge in [0.25, 0.3) is 0 Å². The van der Waals surface area contributed by atoms with Gasteiger partial charge in [-0.2, -0.15) is 0 Å². The molecule has 1 aromatic heterocycles. The van der Waals surface area contributed by atoms with Crippen molar-refractivity contribution in [2.24, 2.45) is 13.0 Å². The third kappa shape index (κ3) is 7.15. The molecule has 0 bridgehead atoms. The minimum absolute atomic E-state index is 0.125. The number of allylic oxidation sites excluding steroid dienone is 2. The van der Waals surface area contributed by atoms with Crippen LogP contribution in [0.3, 0.4) is 0 Å². The van der Waals surface area contributed by atoms with Gasteiger partial charge in [0, 0.05) is 29.3 Å². The van der Waals surface area contributed by atoms with Crippen LogP contribution in [0.25, 0.3) is 17.0 Å². The molecule has 1 aliphatic carbocycles. The number of hydrogen-bond donors (Lipinski definition) is 0. The molecule has 0 saturated heterocycles. The van der Waals surface area contributed by atoms with Crippen molar-refractivity contribution in [1.29, 1.82) is 0 Å². The number of anilines is 1. The maximum atomic E-state index is 11.4. The van der Waals surface area contributed by atoms with Gasteiger partial charge in [0.2, 0.25) is 5.52 Å². The zero-order valence-corrected chi connectivity index (χ0v) is 25.9. The molecule has 6 rings (SSSR count). The van der Waals surface area contributed by atoms with Gasteiger partial charge < -0.3 is 14.2 Å². The van der Waals surface area contributed by atoms with Crippen molar-refractivity contribution in [3.05, 3.63) is 113 Å². The molecule has 4 aromatic rings. The maximum Gasteiger partial charge on any atom is 0.212 e. The molecular weight excluding hydrogens is 577 g/mol. The van der Waals surface area contributed by atoms with Gasteiger partial charge in [-0.25, -0.2) is 13.0 Å². The molecule has 43 heavy (non-hydrogen) atoms. The van der Waals surface area contributed by atoms with Crippen LogP contribution in [0.4, 0.5) is 5.69 Å². The predicted octanol–water partition coefficient (Wildman–Crippen LogP) is 7.07. The monoisotopic (exact) mass is 612 g/mol. The van der Waals surface area contributed by atoms with Crippen molar-refractivity contribution in [2.45, 2.75) is 43.1 Å². The number of thioether (sulfide) groups is 1. The van der Waals surface area contributed by atoms with E-state index in [-0.39, 0.29) is 24.2 Å². The summed E-state index contributed by atoms with van der Waals surface area (Å²) < 4.78 is 42.8. The van der Waals surface area contributed by atoms with Crippen LogP contribution >= 0.6 is 11.8 Å². The lowest BCUT2D eigenvalue weighted by Gasteiger charge is -2.31. The Kier molecular flexibility index (Phi) is 8.88. The van der Waals surface area contributed by atoms with E-state index in [1.807, 2.05) is 42.5 Å². The molecule has 1 saturated carbocycles. The summed E-state index contributed by atoms with van der Waals surface area (Å²) in [4.78, 5) is 3.30. The van der Waals surface area contributed by atoms with Crippen LogP contribution in [0.2, 0.25) is 0 Å². The van der Waals surface area contributed by atoms with E-state index in [4.69, 9.17) is 4.74 Å². The van der Waals surface area contributed by atoms with Crippen molar-refractivity contribution in [3.63, 3.8) is 0 Å². The summed E-state index contributed by atoms with van der Waals surface area (Å²) in [5, 5.41) is 2.24. The average Bonchev–Trinajstić information content (AvgIpc) is 3.35. The number of para-hydroxylation sites is 3. The van der Waals surface area contributed by atoms with Crippen LogP contribution in [0, 0.1) is 5.92 Å². The molecule has 0 amide bonds. The van der Waals surface area contributed by atoms with Crippen LogP contribution in [0.5, 0.6) is 5.75 Å². The maximum absolute atomic E-state index is 11.4. The topological polar surface area (TPSA) is 73.6 Å². The number of rotatable bonds is 9. The fourth-order valence-electron chi connectivity index (χ4n) is 6.15. The lowest BCUT2D eigenvalue weighted by atomic mass is 9.81. The quantitative estimate of drug-likeness (QED) is 0.149. The summed E-state index contributed by atoms with van der Waals surface area (Å²) in [6.45, 7) is 0.457. The normalized spacial score (nSPS) is 20.0. The first-order valence-corrected chi connectivity index (χ1v) is 17.2. The van der Waals surface area contributed by atoms with E-state index in [1.165, 1.54) is 16.5 Å². The summed E-state index contributed by atoms with van der Waals surface area (Å²) in [5.41, 5.74) is 4.61. The standard InChI is InChI=1S/C35H36N2O4S2/c1-36-21-19-27(31-15-5-6-16-32(31)36)23-28(26-11-9-14-30(24-26)41-29-12-3-2-4-13-29)25-35-37(20-10-22-43(38,39)40)33-17-7-8-18-34(33)42-35/h2-8,12-13,15-19,21,23,25-26,30H,9-11,14,20,22,24H2,1H3. The third-order valence-corrected chi connectivity index (χ3v) is 10.1. The van der Waals surface area contributed by atoms with E-state index < -0.39 is 10.1 Å². The second kappa shape index (κ2) is 13.0. The molecule has 3 aromatic carbocycles. The summed E-state index contributed by atoms with van der Waals surface area (Å²) in [5.74, 6) is 0.816. The zero-order chi connectivity index (χ0) is 29.8. The zero-order valence-electron chi connectivity index (χ0n) is 24.3. The molecular formula is C35H36N2O4S2. The van der Waals surface area contributed by atoms with Crippen molar-refractivity contribution >= 4 is 44.5 Å². The van der Waals surface area contributed by atoms with Crippen LogP contribution in [0.15, 0.2) is 113 Å². The third-order valence-electron chi connectivity index (χ3n) is 8.24. The molecule has 2 unspecified atom stereocenters. The number of aromatic nitrogens is 1. The van der Waals surface area contributed by atoms with E-state index >= 15 is 0 Å². The number of pyridine rings is 1. The van der Waals surface area contributed by atoms with Crippen LogP contribution in [0.1, 0.15) is 37.7 Å². The van der Waals surface area contributed by atoms with Gasteiger partial charge in [-0.15, -0.1) is 0 Å². The highest BCUT2D eigenvalue weighted by atomic mass is 32.2. The highest BCUT2D eigenvalue weighted by Crippen LogP contribution is 2.47. The average molecular weight is 613 g/mol. The fraction of sp³-hybridized carbons (Fsp3) is 0.286. The van der Waals surface area contributed by atoms with E-state index in [1.54, 1.807) is 11.8 Å². The van der Waals surface area contributed by atoms with Gasteiger partial charge >= 0.3 is 0 Å². The fourth-order valence-corrected chi connectivity index (χ4v) is 7.78. The summed E-state index contributed by atoms with van der Waals surface area (Å²) >= 11 is 1.70. The van der Waals surface area contributed by atoms with Crippen LogP contribution < -0.4 is 14.2 Å². The molecule has 1 fully saturated rings. The molecule has 8 heteroatoms. The van der Waals surface area contributed by atoms with E-state index in [0.29, 0.717) is 6.54 Å². The molecule has 0 spiro atoms. The largest absolute Gasteiger partial charge is 0.748 e. The first-order valence-electron chi connectivity index (χ1n) is 14.8. The van der Waals surface area contributed by atoms with E-state index in [9.17, 15) is 13.0 Å². The van der Waals surface area contributed by atoms with Gasteiger partial charge in [-0.1, -0.05) is 60.3 Å². The number of ether oxygens (including phenoxy) is 1. The Bertz CT molecular complexity index is 1770. The smallest absolute Gasteiger partial charge is 0.212 e. The number of fused-ring (bicyclic) bond motifs is 2. The lowest BCUT2D eigenvalue weighted by Crippen LogP contribution is -2.28. The molecule has 2 atom stereocenters. The summed E-state index contributed by atoms with van der Waals surface area (Å²) in [7, 11) is -2.21. The first kappa shape index (κ1) is 29.5. The van der Waals surface area contributed by atoms with Gasteiger partial charge in [0.1, 0.15) is 12.8 Å². The Morgan fingerprint density at radius 2 is 1.79 bits per heavy atom. The minimum Gasteiger partial charge on any atom is -0.748 e. The Balaban J connectivity index is 1.39. The number of hydrogen-bond acceptors (Lipinski definition) is 6. The lowest BCUT2D eigenvalue weighted by molar-refractivity contribution is -0.644. The predicted molar refractivity (Wildman–Crippen MR) is 173 cm³/mol. The van der Waals surface area contributed by atoms with Crippen LogP contribution in [-0.2, 0) is 17.2 Å². The van der Waals surface area contributed by atoms with Crippen molar-refractivity contribution < 1.29 is 22.3 Å². The number of nitrogens with zero attached hydrogens (tertiary/aromatic N) is 2. The Labute approximate surface area is 258 Å². The second-order valence-corrected chi connectivity index (χ2v) is 13.9.